The Hall–Kier alpha value is -2.30. The van der Waals surface area contributed by atoms with E-state index in [-0.39, 0.29) is 41.3 Å². The van der Waals surface area contributed by atoms with Crippen LogP contribution in [0.3, 0.4) is 0 Å². The summed E-state index contributed by atoms with van der Waals surface area (Å²) < 4.78 is 11.0. The van der Waals surface area contributed by atoms with Crippen LogP contribution in [0.25, 0.3) is 0 Å². The number of hydrogen-bond donors (Lipinski definition) is 4. The second kappa shape index (κ2) is 7.51. The van der Waals surface area contributed by atoms with Gasteiger partial charge in [0.05, 0.1) is 24.9 Å². The van der Waals surface area contributed by atoms with E-state index in [0.29, 0.717) is 25.1 Å². The van der Waals surface area contributed by atoms with Crippen LogP contribution in [0.2, 0.25) is 6.32 Å². The maximum absolute atomic E-state index is 12.5. The number of nitrogens with zero attached hydrogens (tertiary/aromatic N) is 1. The second-order valence-corrected chi connectivity index (χ2v) is 8.30. The Bertz CT molecular complexity index is 819. The molecule has 2 aliphatic heterocycles. The molecule has 2 fully saturated rings. The standard InChI is InChI=1S/C19H26BN2O7/c21-16(11-3-1-2-4-11)18(23)22-9-13(10-22)28-14-6-5-12-7-8-20(26,27)29-17(12)15(14)19(24)25/h5-6,11,13,16,26-27H,1-4,7-10,21H2,(H,24,25)/q-1. The van der Waals surface area contributed by atoms with Gasteiger partial charge < -0.3 is 35.2 Å². The molecule has 9 nitrogen and oxygen atoms in total. The lowest BCUT2D eigenvalue weighted by Crippen LogP contribution is -2.60. The van der Waals surface area contributed by atoms with Gasteiger partial charge in [-0.25, -0.2) is 4.79 Å². The lowest BCUT2D eigenvalue weighted by Gasteiger charge is -2.41. The highest BCUT2D eigenvalue weighted by atomic mass is 16.6. The molecule has 10 heteroatoms. The molecule has 0 radical (unpaired) electrons. The largest absolute Gasteiger partial charge is 0.669 e. The van der Waals surface area contributed by atoms with Crippen molar-refractivity contribution in [1.82, 2.24) is 4.90 Å². The molecule has 0 spiro atoms. The van der Waals surface area contributed by atoms with E-state index in [9.17, 15) is 24.7 Å². The van der Waals surface area contributed by atoms with Crippen LogP contribution < -0.4 is 15.1 Å². The van der Waals surface area contributed by atoms with Gasteiger partial charge in [0.15, 0.2) is 0 Å². The van der Waals surface area contributed by atoms with E-state index < -0.39 is 18.8 Å². The Balaban J connectivity index is 1.43. The van der Waals surface area contributed by atoms with Crippen LogP contribution in [0, 0.1) is 5.92 Å². The van der Waals surface area contributed by atoms with Crippen LogP contribution in [-0.2, 0) is 11.2 Å². The third-order valence-electron chi connectivity index (χ3n) is 6.16. The van der Waals surface area contributed by atoms with E-state index in [1.54, 1.807) is 17.0 Å². The maximum atomic E-state index is 12.5. The van der Waals surface area contributed by atoms with Gasteiger partial charge in [0, 0.05) is 0 Å². The Kier molecular flexibility index (Phi) is 5.18. The normalized spacial score (nSPS) is 22.4. The number of likely N-dealkylation sites (tertiary alicyclic amines) is 1. The zero-order valence-electron chi connectivity index (χ0n) is 16.1. The van der Waals surface area contributed by atoms with Crippen LogP contribution in [0.4, 0.5) is 0 Å². The number of aromatic carboxylic acids is 1. The van der Waals surface area contributed by atoms with Crippen LogP contribution in [-0.4, -0.2) is 63.9 Å². The van der Waals surface area contributed by atoms with Crippen molar-refractivity contribution in [2.75, 3.05) is 13.1 Å². The molecule has 1 saturated carbocycles. The highest BCUT2D eigenvalue weighted by molar-refractivity contribution is 6.59. The number of benzene rings is 1. The van der Waals surface area contributed by atoms with Gasteiger partial charge in [0.1, 0.15) is 17.4 Å². The summed E-state index contributed by atoms with van der Waals surface area (Å²) in [5.41, 5.74) is 6.48. The molecule has 1 aromatic carbocycles. The minimum absolute atomic E-state index is 0.00715. The Morgan fingerprint density at radius 3 is 2.59 bits per heavy atom. The number of carboxylic acid groups (broad SMARTS) is 1. The molecule has 1 amide bonds. The molecule has 1 saturated heterocycles. The van der Waals surface area contributed by atoms with E-state index in [4.69, 9.17) is 15.1 Å². The van der Waals surface area contributed by atoms with E-state index in [1.165, 1.54) is 0 Å². The van der Waals surface area contributed by atoms with Crippen molar-refractivity contribution in [3.05, 3.63) is 23.3 Å². The number of carboxylic acids is 1. The molecule has 1 aliphatic carbocycles. The molecule has 4 rings (SSSR count). The minimum atomic E-state index is -3.09. The van der Waals surface area contributed by atoms with Gasteiger partial charge in [0.2, 0.25) is 5.91 Å². The average molecular weight is 405 g/mol. The number of carbonyl (C=O) groups excluding carboxylic acids is 1. The molecule has 1 aromatic rings. The molecular formula is C19H26BN2O7-. The fourth-order valence-corrected chi connectivity index (χ4v) is 4.43. The maximum Gasteiger partial charge on any atom is 0.430 e. The summed E-state index contributed by atoms with van der Waals surface area (Å²) >= 11 is 0. The number of nitrogens with two attached hydrogens (primary N) is 1. The first-order valence-corrected chi connectivity index (χ1v) is 10.1. The first kappa shape index (κ1) is 20.0. The minimum Gasteiger partial charge on any atom is -0.669 e. The number of ether oxygens (including phenoxy) is 1. The van der Waals surface area contributed by atoms with Gasteiger partial charge in [-0.05, 0) is 36.8 Å². The molecule has 0 aromatic heterocycles. The molecule has 2 heterocycles. The van der Waals surface area contributed by atoms with Crippen molar-refractivity contribution >= 4 is 18.6 Å². The predicted molar refractivity (Wildman–Crippen MR) is 104 cm³/mol. The topological polar surface area (TPSA) is 143 Å². The summed E-state index contributed by atoms with van der Waals surface area (Å²) in [5, 5.41) is 29.2. The van der Waals surface area contributed by atoms with Crippen LogP contribution in [0.5, 0.6) is 11.5 Å². The van der Waals surface area contributed by atoms with Gasteiger partial charge in [-0.3, -0.25) is 4.79 Å². The summed E-state index contributed by atoms with van der Waals surface area (Å²) in [6.07, 6.45) is 4.14. The van der Waals surface area contributed by atoms with Gasteiger partial charge in [-0.2, -0.15) is 0 Å². The molecule has 0 bridgehead atoms. The fraction of sp³-hybridized carbons (Fsp3) is 0.579. The number of fused-ring (bicyclic) bond motifs is 1. The molecular weight excluding hydrogens is 379 g/mol. The quantitative estimate of drug-likeness (QED) is 0.514. The lowest BCUT2D eigenvalue weighted by molar-refractivity contribution is -0.142. The van der Waals surface area contributed by atoms with Crippen LogP contribution >= 0.6 is 0 Å². The first-order chi connectivity index (χ1) is 13.7. The smallest absolute Gasteiger partial charge is 0.430 e. The van der Waals surface area contributed by atoms with Gasteiger partial charge in [0.25, 0.3) is 0 Å². The number of amides is 1. The summed E-state index contributed by atoms with van der Waals surface area (Å²) in [5.74, 6) is -1.11. The number of aryl methyl sites for hydroxylation is 1. The lowest BCUT2D eigenvalue weighted by atomic mass is 9.70. The summed E-state index contributed by atoms with van der Waals surface area (Å²) in [6.45, 7) is -2.41. The molecule has 158 valence electrons. The van der Waals surface area contributed by atoms with Crippen molar-refractivity contribution in [2.45, 2.75) is 50.6 Å². The predicted octanol–water partition coefficient (Wildman–Crippen LogP) is 0.350. The molecule has 1 atom stereocenters. The molecule has 5 N–H and O–H groups in total. The third kappa shape index (κ3) is 3.92. The first-order valence-electron chi connectivity index (χ1n) is 10.1. The highest BCUT2D eigenvalue weighted by Gasteiger charge is 2.39. The zero-order valence-corrected chi connectivity index (χ0v) is 16.1. The van der Waals surface area contributed by atoms with Crippen molar-refractivity contribution in [3.63, 3.8) is 0 Å². The summed E-state index contributed by atoms with van der Waals surface area (Å²) in [7, 11) is 0. The third-order valence-corrected chi connectivity index (χ3v) is 6.16. The van der Waals surface area contributed by atoms with E-state index in [1.807, 2.05) is 0 Å². The van der Waals surface area contributed by atoms with Crippen molar-refractivity contribution in [1.29, 1.82) is 0 Å². The van der Waals surface area contributed by atoms with Crippen molar-refractivity contribution in [3.8, 4) is 11.5 Å². The zero-order chi connectivity index (χ0) is 20.8. The summed E-state index contributed by atoms with van der Waals surface area (Å²) in [6, 6.07) is 2.73. The van der Waals surface area contributed by atoms with Crippen molar-refractivity contribution < 1.29 is 34.1 Å². The van der Waals surface area contributed by atoms with E-state index in [2.05, 4.69) is 0 Å². The van der Waals surface area contributed by atoms with Gasteiger partial charge >= 0.3 is 12.7 Å². The molecule has 3 aliphatic rings. The Labute approximate surface area is 168 Å². The van der Waals surface area contributed by atoms with E-state index >= 15 is 0 Å². The Morgan fingerprint density at radius 1 is 1.24 bits per heavy atom. The number of carbonyl (C=O) groups is 2. The monoisotopic (exact) mass is 405 g/mol. The van der Waals surface area contributed by atoms with Gasteiger partial charge in [-0.1, -0.05) is 25.2 Å². The highest BCUT2D eigenvalue weighted by Crippen LogP contribution is 2.39. The van der Waals surface area contributed by atoms with Crippen LogP contribution in [0.1, 0.15) is 41.6 Å². The number of hydrogen-bond acceptors (Lipinski definition) is 7. The Morgan fingerprint density at radius 2 is 1.93 bits per heavy atom. The molecule has 1 unspecified atom stereocenters. The average Bonchev–Trinajstić information content (AvgIpc) is 3.16. The van der Waals surface area contributed by atoms with Crippen molar-refractivity contribution in [2.24, 2.45) is 11.7 Å². The second-order valence-electron chi connectivity index (χ2n) is 8.30. The number of rotatable bonds is 5. The van der Waals surface area contributed by atoms with Crippen LogP contribution in [0.15, 0.2) is 12.1 Å². The fourth-order valence-electron chi connectivity index (χ4n) is 4.43. The molecule has 29 heavy (non-hydrogen) atoms. The SMILES string of the molecule is NC(C(=O)N1CC(Oc2ccc3c(c2C(=O)O)O[B-](O)(O)CC3)C1)C1CCCC1. The summed E-state index contributed by atoms with van der Waals surface area (Å²) in [4.78, 5) is 26.0. The van der Waals surface area contributed by atoms with Gasteiger partial charge in [-0.15, -0.1) is 0 Å². The van der Waals surface area contributed by atoms with E-state index in [0.717, 1.165) is 25.7 Å².